The molecule has 1 atom stereocenters. The van der Waals surface area contributed by atoms with E-state index in [-0.39, 0.29) is 18.4 Å². The van der Waals surface area contributed by atoms with Gasteiger partial charge in [-0.15, -0.1) is 12.4 Å². The maximum atomic E-state index is 6.03. The summed E-state index contributed by atoms with van der Waals surface area (Å²) in [5, 5.41) is 3.51. The monoisotopic (exact) mass is 457 g/mol. The first-order valence-corrected chi connectivity index (χ1v) is 9.57. The van der Waals surface area contributed by atoms with Gasteiger partial charge in [-0.1, -0.05) is 22.0 Å². The van der Waals surface area contributed by atoms with Gasteiger partial charge in [0.25, 0.3) is 0 Å². The van der Waals surface area contributed by atoms with Gasteiger partial charge in [0, 0.05) is 10.5 Å². The Kier molecular flexibility index (Phi) is 9.99. The molecule has 0 spiro atoms. The van der Waals surface area contributed by atoms with Crippen LogP contribution in [0.2, 0.25) is 0 Å². The molecule has 2 aromatic rings. The summed E-state index contributed by atoms with van der Waals surface area (Å²) in [6.45, 7) is 7.79. The molecule has 0 amide bonds. The Bertz CT molecular complexity index is 716. The molecule has 6 heteroatoms. The lowest BCUT2D eigenvalue weighted by atomic mass is 10.1. The number of benzene rings is 2. The summed E-state index contributed by atoms with van der Waals surface area (Å²) in [7, 11) is 3.31. The number of rotatable bonds is 9. The van der Waals surface area contributed by atoms with Crippen molar-refractivity contribution < 1.29 is 14.2 Å². The van der Waals surface area contributed by atoms with Gasteiger partial charge in [0.15, 0.2) is 11.5 Å². The summed E-state index contributed by atoms with van der Waals surface area (Å²) >= 11 is 3.52. The fourth-order valence-corrected chi connectivity index (χ4v) is 3.58. The summed E-state index contributed by atoms with van der Waals surface area (Å²) in [5.41, 5.74) is 3.51. The van der Waals surface area contributed by atoms with E-state index in [1.165, 1.54) is 5.56 Å². The smallest absolute Gasteiger partial charge is 0.160 e. The van der Waals surface area contributed by atoms with E-state index >= 15 is 0 Å². The predicted octanol–water partition coefficient (Wildman–Crippen LogP) is 5.10. The third-order valence-corrected chi connectivity index (χ3v) is 4.72. The Morgan fingerprint density at radius 2 is 1.63 bits per heavy atom. The highest BCUT2D eigenvalue weighted by Crippen LogP contribution is 2.28. The fourth-order valence-electron chi connectivity index (χ4n) is 2.89. The minimum absolute atomic E-state index is 0. The van der Waals surface area contributed by atoms with Gasteiger partial charge in [0.05, 0.1) is 14.2 Å². The zero-order valence-electron chi connectivity index (χ0n) is 16.6. The van der Waals surface area contributed by atoms with Gasteiger partial charge in [-0.25, -0.2) is 0 Å². The second-order valence-corrected chi connectivity index (χ2v) is 7.39. The van der Waals surface area contributed by atoms with Gasteiger partial charge in [-0.05, 0) is 74.7 Å². The third kappa shape index (κ3) is 6.91. The molecule has 0 radical (unpaired) electrons. The van der Waals surface area contributed by atoms with Crippen molar-refractivity contribution in [3.63, 3.8) is 0 Å². The molecule has 2 aromatic carbocycles. The van der Waals surface area contributed by atoms with Gasteiger partial charge >= 0.3 is 0 Å². The standard InChI is InChI=1S/C21H28BrNO3.ClH/c1-14-10-18(22)11-15(2)21(14)26-13-16(3)23-9-8-17-6-7-19(24-4)20(12-17)25-5;/h6-7,10-12,16,23H,8-9,13H2,1-5H3;1H. The van der Waals surface area contributed by atoms with Crippen LogP contribution >= 0.6 is 28.3 Å². The molecule has 27 heavy (non-hydrogen) atoms. The first kappa shape index (κ1) is 23.6. The van der Waals surface area contributed by atoms with E-state index in [0.29, 0.717) is 6.61 Å². The molecule has 150 valence electrons. The van der Waals surface area contributed by atoms with Crippen LogP contribution in [0.5, 0.6) is 17.2 Å². The molecular formula is C21H29BrClNO3. The summed E-state index contributed by atoms with van der Waals surface area (Å²) < 4.78 is 17.7. The largest absolute Gasteiger partial charge is 0.493 e. The zero-order chi connectivity index (χ0) is 19.1. The van der Waals surface area contributed by atoms with E-state index in [1.807, 2.05) is 12.1 Å². The maximum absolute atomic E-state index is 6.03. The number of ether oxygens (including phenoxy) is 3. The van der Waals surface area contributed by atoms with Crippen molar-refractivity contribution >= 4 is 28.3 Å². The van der Waals surface area contributed by atoms with Gasteiger partial charge in [0.2, 0.25) is 0 Å². The molecule has 4 nitrogen and oxygen atoms in total. The van der Waals surface area contributed by atoms with E-state index in [2.05, 4.69) is 60.2 Å². The molecule has 0 aliphatic rings. The topological polar surface area (TPSA) is 39.7 Å². The van der Waals surface area contributed by atoms with Gasteiger partial charge in [-0.3, -0.25) is 0 Å². The summed E-state index contributed by atoms with van der Waals surface area (Å²) in [5.74, 6) is 2.50. The van der Waals surface area contributed by atoms with Crippen molar-refractivity contribution in [3.05, 3.63) is 51.5 Å². The first-order valence-electron chi connectivity index (χ1n) is 8.78. The van der Waals surface area contributed by atoms with Crippen molar-refractivity contribution in [2.24, 2.45) is 0 Å². The van der Waals surface area contributed by atoms with E-state index < -0.39 is 0 Å². The first-order chi connectivity index (χ1) is 12.4. The molecule has 0 bridgehead atoms. The van der Waals surface area contributed by atoms with Crippen molar-refractivity contribution in [2.45, 2.75) is 33.2 Å². The molecule has 0 saturated heterocycles. The molecule has 0 saturated carbocycles. The number of hydrogen-bond donors (Lipinski definition) is 1. The number of nitrogens with one attached hydrogen (secondary N) is 1. The van der Waals surface area contributed by atoms with Crippen LogP contribution in [0.1, 0.15) is 23.6 Å². The highest BCUT2D eigenvalue weighted by Gasteiger charge is 2.09. The minimum Gasteiger partial charge on any atom is -0.493 e. The second-order valence-electron chi connectivity index (χ2n) is 6.47. The average Bonchev–Trinajstić information content (AvgIpc) is 2.60. The molecule has 1 unspecified atom stereocenters. The summed E-state index contributed by atoms with van der Waals surface area (Å²) in [6.07, 6.45) is 0.918. The van der Waals surface area contributed by atoms with E-state index in [4.69, 9.17) is 14.2 Å². The summed E-state index contributed by atoms with van der Waals surface area (Å²) in [4.78, 5) is 0. The number of methoxy groups -OCH3 is 2. The lowest BCUT2D eigenvalue weighted by Gasteiger charge is -2.18. The number of hydrogen-bond acceptors (Lipinski definition) is 4. The Morgan fingerprint density at radius 1 is 1.00 bits per heavy atom. The van der Waals surface area contributed by atoms with Crippen LogP contribution in [0.4, 0.5) is 0 Å². The van der Waals surface area contributed by atoms with Crippen LogP contribution < -0.4 is 19.5 Å². The van der Waals surface area contributed by atoms with Gasteiger partial charge < -0.3 is 19.5 Å². The van der Waals surface area contributed by atoms with E-state index in [1.54, 1.807) is 14.2 Å². The maximum Gasteiger partial charge on any atom is 0.160 e. The van der Waals surface area contributed by atoms with Crippen LogP contribution in [0.25, 0.3) is 0 Å². The van der Waals surface area contributed by atoms with Crippen molar-refractivity contribution in [3.8, 4) is 17.2 Å². The predicted molar refractivity (Wildman–Crippen MR) is 117 cm³/mol. The third-order valence-electron chi connectivity index (χ3n) is 4.26. The lowest BCUT2D eigenvalue weighted by Crippen LogP contribution is -2.33. The molecule has 0 aromatic heterocycles. The average molecular weight is 459 g/mol. The molecule has 2 rings (SSSR count). The normalized spacial score (nSPS) is 11.5. The lowest BCUT2D eigenvalue weighted by molar-refractivity contribution is 0.271. The molecular weight excluding hydrogens is 430 g/mol. The van der Waals surface area contributed by atoms with E-state index in [9.17, 15) is 0 Å². The molecule has 1 N–H and O–H groups in total. The Hall–Kier alpha value is -1.43. The Morgan fingerprint density at radius 3 is 2.22 bits per heavy atom. The van der Waals surface area contributed by atoms with Crippen molar-refractivity contribution in [2.75, 3.05) is 27.4 Å². The van der Waals surface area contributed by atoms with Crippen LogP contribution in [0, 0.1) is 13.8 Å². The van der Waals surface area contributed by atoms with Crippen molar-refractivity contribution in [1.29, 1.82) is 0 Å². The summed E-state index contributed by atoms with van der Waals surface area (Å²) in [6, 6.07) is 10.5. The molecule has 0 fully saturated rings. The van der Waals surface area contributed by atoms with Crippen LogP contribution in [-0.4, -0.2) is 33.4 Å². The number of aryl methyl sites for hydroxylation is 2. The molecule has 0 heterocycles. The zero-order valence-corrected chi connectivity index (χ0v) is 19.0. The van der Waals surface area contributed by atoms with Crippen LogP contribution in [-0.2, 0) is 6.42 Å². The molecule has 0 aliphatic heterocycles. The SMILES string of the molecule is COc1ccc(CCNC(C)COc2c(C)cc(Br)cc2C)cc1OC.Cl. The fraction of sp³-hybridized carbons (Fsp3) is 0.429. The van der Waals surface area contributed by atoms with Gasteiger partial charge in [0.1, 0.15) is 12.4 Å². The minimum atomic E-state index is 0. The quantitative estimate of drug-likeness (QED) is 0.567. The van der Waals surface area contributed by atoms with Crippen LogP contribution in [0.3, 0.4) is 0 Å². The van der Waals surface area contributed by atoms with Gasteiger partial charge in [-0.2, -0.15) is 0 Å². The van der Waals surface area contributed by atoms with Crippen molar-refractivity contribution in [1.82, 2.24) is 5.32 Å². The number of halogens is 2. The Balaban J connectivity index is 0.00000364. The highest BCUT2D eigenvalue weighted by atomic mass is 79.9. The van der Waals surface area contributed by atoms with E-state index in [0.717, 1.165) is 45.8 Å². The second kappa shape index (κ2) is 11.4. The Labute approximate surface area is 177 Å². The van der Waals surface area contributed by atoms with Crippen LogP contribution in [0.15, 0.2) is 34.8 Å². The highest BCUT2D eigenvalue weighted by molar-refractivity contribution is 9.10. The molecule has 0 aliphatic carbocycles.